The molecule has 3 rings (SSSR count). The van der Waals surface area contributed by atoms with E-state index in [1.165, 1.54) is 0 Å². The van der Waals surface area contributed by atoms with E-state index in [-0.39, 0.29) is 6.04 Å². The molecule has 1 aliphatic carbocycles. The van der Waals surface area contributed by atoms with Crippen LogP contribution in [-0.4, -0.2) is 47.9 Å². The second-order valence-corrected chi connectivity index (χ2v) is 7.17. The van der Waals surface area contributed by atoms with Crippen molar-refractivity contribution in [2.75, 3.05) is 13.2 Å². The molecule has 1 aromatic carbocycles. The summed E-state index contributed by atoms with van der Waals surface area (Å²) in [6.07, 6.45) is 2.18. The lowest BCUT2D eigenvalue weighted by Gasteiger charge is -2.21. The number of esters is 1. The van der Waals surface area contributed by atoms with Crippen molar-refractivity contribution in [1.29, 1.82) is 0 Å². The van der Waals surface area contributed by atoms with E-state index in [9.17, 15) is 19.2 Å². The Morgan fingerprint density at radius 3 is 2.59 bits per heavy atom. The molecule has 144 valence electrons. The van der Waals surface area contributed by atoms with E-state index >= 15 is 0 Å². The quantitative estimate of drug-likeness (QED) is 0.546. The number of ether oxygens (including phenoxy) is 1. The molecule has 0 spiro atoms. The lowest BCUT2D eigenvalue weighted by atomic mass is 9.92. The van der Waals surface area contributed by atoms with Gasteiger partial charge in [0.1, 0.15) is 12.1 Å². The van der Waals surface area contributed by atoms with Crippen molar-refractivity contribution in [2.45, 2.75) is 38.3 Å². The van der Waals surface area contributed by atoms with Gasteiger partial charge in [-0.1, -0.05) is 30.3 Å². The van der Waals surface area contributed by atoms with Crippen LogP contribution in [0.4, 0.5) is 4.79 Å². The number of benzene rings is 1. The second-order valence-electron chi connectivity index (χ2n) is 7.17. The Balaban J connectivity index is 1.54. The predicted molar refractivity (Wildman–Crippen MR) is 95.3 cm³/mol. The fraction of sp³-hybridized carbons (Fsp3) is 0.474. The van der Waals surface area contributed by atoms with Crippen molar-refractivity contribution >= 4 is 23.8 Å². The number of carbonyl (C=O) groups excluding carboxylic acids is 4. The smallest absolute Gasteiger partial charge is 0.326 e. The third-order valence-corrected chi connectivity index (χ3v) is 5.00. The van der Waals surface area contributed by atoms with E-state index in [2.05, 4.69) is 10.6 Å². The molecule has 1 saturated heterocycles. The Morgan fingerprint density at radius 1 is 1.30 bits per heavy atom. The molecule has 8 nitrogen and oxygen atoms in total. The molecule has 0 unspecified atom stereocenters. The van der Waals surface area contributed by atoms with Gasteiger partial charge in [-0.05, 0) is 38.2 Å². The normalized spacial score (nSPS) is 23.0. The minimum absolute atomic E-state index is 0.0497. The van der Waals surface area contributed by atoms with E-state index in [4.69, 9.17) is 4.74 Å². The first kappa shape index (κ1) is 18.9. The highest BCUT2D eigenvalue weighted by Crippen LogP contribution is 2.32. The van der Waals surface area contributed by atoms with Crippen LogP contribution < -0.4 is 10.6 Å². The number of hydrogen-bond donors (Lipinski definition) is 2. The summed E-state index contributed by atoms with van der Waals surface area (Å²) >= 11 is 0. The van der Waals surface area contributed by atoms with Crippen molar-refractivity contribution in [1.82, 2.24) is 15.5 Å². The summed E-state index contributed by atoms with van der Waals surface area (Å²) in [6, 6.07) is 8.16. The topological polar surface area (TPSA) is 105 Å². The van der Waals surface area contributed by atoms with Gasteiger partial charge in [0.25, 0.3) is 11.8 Å². The Morgan fingerprint density at radius 2 is 1.96 bits per heavy atom. The number of hydrogen-bond acceptors (Lipinski definition) is 5. The van der Waals surface area contributed by atoms with Crippen LogP contribution in [-0.2, 0) is 24.7 Å². The zero-order valence-corrected chi connectivity index (χ0v) is 15.4. The van der Waals surface area contributed by atoms with Gasteiger partial charge in [0, 0.05) is 6.04 Å². The largest absolute Gasteiger partial charge is 0.454 e. The molecule has 0 bridgehead atoms. The molecule has 4 amide bonds. The van der Waals surface area contributed by atoms with E-state index in [1.807, 2.05) is 6.92 Å². The molecule has 1 saturated carbocycles. The molecule has 0 aromatic heterocycles. The first-order chi connectivity index (χ1) is 12.8. The molecule has 1 aromatic rings. The number of nitrogens with zero attached hydrogens (tertiary/aromatic N) is 1. The highest BCUT2D eigenvalue weighted by atomic mass is 16.5. The lowest BCUT2D eigenvalue weighted by molar-refractivity contribution is -0.151. The van der Waals surface area contributed by atoms with E-state index in [0.29, 0.717) is 11.5 Å². The summed E-state index contributed by atoms with van der Waals surface area (Å²) in [5, 5.41) is 5.38. The molecule has 0 radical (unpaired) electrons. The van der Waals surface area contributed by atoms with Gasteiger partial charge in [-0.3, -0.25) is 19.3 Å². The van der Waals surface area contributed by atoms with Gasteiger partial charge >= 0.3 is 12.0 Å². The maximum Gasteiger partial charge on any atom is 0.326 e. The van der Waals surface area contributed by atoms with Crippen LogP contribution in [0.2, 0.25) is 0 Å². The minimum Gasteiger partial charge on any atom is -0.454 e. The Labute approximate surface area is 157 Å². The molecule has 1 heterocycles. The molecule has 2 N–H and O–H groups in total. The summed E-state index contributed by atoms with van der Waals surface area (Å²) in [5.74, 6) is -1.26. The first-order valence-electron chi connectivity index (χ1n) is 8.96. The Bertz CT molecular complexity index is 762. The maximum absolute atomic E-state index is 12.7. The van der Waals surface area contributed by atoms with Crippen LogP contribution in [0.5, 0.6) is 0 Å². The first-order valence-corrected chi connectivity index (χ1v) is 8.96. The highest BCUT2D eigenvalue weighted by Gasteiger charge is 2.49. The van der Waals surface area contributed by atoms with Gasteiger partial charge in [-0.2, -0.15) is 0 Å². The zero-order valence-electron chi connectivity index (χ0n) is 15.4. The summed E-state index contributed by atoms with van der Waals surface area (Å²) < 4.78 is 4.91. The molecule has 2 aliphatic rings. The predicted octanol–water partition coefficient (Wildman–Crippen LogP) is 0.912. The van der Waals surface area contributed by atoms with Gasteiger partial charge in [0.05, 0.1) is 0 Å². The lowest BCUT2D eigenvalue weighted by Crippen LogP contribution is -2.42. The van der Waals surface area contributed by atoms with Crippen LogP contribution in [0, 0.1) is 5.92 Å². The number of carbonyl (C=O) groups is 4. The van der Waals surface area contributed by atoms with Crippen LogP contribution in [0.3, 0.4) is 0 Å². The van der Waals surface area contributed by atoms with Gasteiger partial charge in [-0.25, -0.2) is 4.79 Å². The van der Waals surface area contributed by atoms with Crippen molar-refractivity contribution in [3.05, 3.63) is 35.9 Å². The Hall–Kier alpha value is -2.90. The summed E-state index contributed by atoms with van der Waals surface area (Å²) in [7, 11) is 0. The van der Waals surface area contributed by atoms with E-state index in [0.717, 1.165) is 17.7 Å². The summed E-state index contributed by atoms with van der Waals surface area (Å²) in [5.41, 5.74) is -0.622. The van der Waals surface area contributed by atoms with Gasteiger partial charge in [-0.15, -0.1) is 0 Å². The SMILES string of the molecule is C[C@@H](NC(=O)COC(=O)CN1C(=O)N[C@@](C)(c2ccccc2)C1=O)C1CC1. The maximum atomic E-state index is 12.7. The highest BCUT2D eigenvalue weighted by molar-refractivity contribution is 6.08. The van der Waals surface area contributed by atoms with E-state index in [1.54, 1.807) is 37.3 Å². The van der Waals surface area contributed by atoms with Crippen LogP contribution in [0.1, 0.15) is 32.3 Å². The fourth-order valence-corrected chi connectivity index (χ4v) is 3.14. The van der Waals surface area contributed by atoms with Gasteiger partial charge in [0.15, 0.2) is 6.61 Å². The molecule has 27 heavy (non-hydrogen) atoms. The van der Waals surface area contributed by atoms with Crippen LogP contribution in [0.25, 0.3) is 0 Å². The molecule has 8 heteroatoms. The van der Waals surface area contributed by atoms with Crippen LogP contribution in [0.15, 0.2) is 30.3 Å². The third-order valence-electron chi connectivity index (χ3n) is 5.00. The van der Waals surface area contributed by atoms with Crippen molar-refractivity contribution in [3.63, 3.8) is 0 Å². The molecule has 2 atom stereocenters. The molecule has 2 fully saturated rings. The molecule has 1 aliphatic heterocycles. The fourth-order valence-electron chi connectivity index (χ4n) is 3.14. The summed E-state index contributed by atoms with van der Waals surface area (Å²) in [4.78, 5) is 49.5. The number of rotatable bonds is 7. The van der Waals surface area contributed by atoms with E-state index < -0.39 is 42.5 Å². The molecular formula is C19H23N3O5. The zero-order chi connectivity index (χ0) is 19.6. The van der Waals surface area contributed by atoms with Crippen LogP contribution >= 0.6 is 0 Å². The van der Waals surface area contributed by atoms with Gasteiger partial charge in [0.2, 0.25) is 0 Å². The van der Waals surface area contributed by atoms with Crippen molar-refractivity contribution in [3.8, 4) is 0 Å². The monoisotopic (exact) mass is 373 g/mol. The third kappa shape index (κ3) is 4.10. The standard InChI is InChI=1S/C19H23N3O5/c1-12(13-8-9-13)20-15(23)11-27-16(24)10-22-17(25)19(2,21-18(22)26)14-6-4-3-5-7-14/h3-7,12-13H,8-11H2,1-2H3,(H,20,23)(H,21,26)/t12-,19+/m1/s1. The molecular weight excluding hydrogens is 350 g/mol. The Kier molecular flexibility index (Phi) is 5.16. The number of amides is 4. The number of imide groups is 1. The van der Waals surface area contributed by atoms with Crippen molar-refractivity contribution in [2.24, 2.45) is 5.92 Å². The number of urea groups is 1. The summed E-state index contributed by atoms with van der Waals surface area (Å²) in [6.45, 7) is 2.52. The van der Waals surface area contributed by atoms with Gasteiger partial charge < -0.3 is 15.4 Å². The average Bonchev–Trinajstić information content (AvgIpc) is 3.46. The minimum atomic E-state index is -1.24. The van der Waals surface area contributed by atoms with Crippen molar-refractivity contribution < 1.29 is 23.9 Å². The average molecular weight is 373 g/mol. The number of nitrogens with one attached hydrogen (secondary N) is 2. The second kappa shape index (κ2) is 7.38.